The lowest BCUT2D eigenvalue weighted by atomic mass is 9.81. The molecule has 3 fully saturated rings. The third-order valence-corrected chi connectivity index (χ3v) is 4.06. The maximum Gasteiger partial charge on any atom is 0.404 e. The van der Waals surface area contributed by atoms with Gasteiger partial charge in [0.1, 0.15) is 6.10 Å². The smallest absolute Gasteiger partial charge is 0.404 e. The van der Waals surface area contributed by atoms with Crippen molar-refractivity contribution in [3.05, 3.63) is 12.2 Å². The number of primary amides is 1. The Morgan fingerprint density at radius 1 is 1.27 bits per heavy atom. The molecule has 7 heteroatoms. The Balaban J connectivity index is 2.02. The molecule has 0 aromatic carbocycles. The van der Waals surface area contributed by atoms with Crippen LogP contribution < -0.4 is 5.73 Å². The molecule has 1 unspecified atom stereocenters. The molecule has 3 aliphatic heterocycles. The van der Waals surface area contributed by atoms with E-state index < -0.39 is 23.6 Å². The predicted octanol–water partition coefficient (Wildman–Crippen LogP) is 1.50. The molecular weight excluding hydrogens is 290 g/mol. The van der Waals surface area contributed by atoms with E-state index >= 15 is 0 Å². The second kappa shape index (κ2) is 6.36. The van der Waals surface area contributed by atoms with Crippen molar-refractivity contribution >= 4 is 11.9 Å². The van der Waals surface area contributed by atoms with Crippen molar-refractivity contribution in [3.63, 3.8) is 0 Å². The molecule has 3 rings (SSSR count). The first-order valence-corrected chi connectivity index (χ1v) is 7.36. The minimum absolute atomic E-state index is 0.0406. The molecule has 0 radical (unpaired) electrons. The number of amides is 1. The maximum absolute atomic E-state index is 11.9. The van der Waals surface area contributed by atoms with Crippen LogP contribution in [0, 0.1) is 5.41 Å². The van der Waals surface area contributed by atoms with Gasteiger partial charge in [0, 0.05) is 18.3 Å². The van der Waals surface area contributed by atoms with Gasteiger partial charge < -0.3 is 24.7 Å². The summed E-state index contributed by atoms with van der Waals surface area (Å²) in [6.07, 6.45) is -0.538. The van der Waals surface area contributed by atoms with Gasteiger partial charge in [-0.25, -0.2) is 4.79 Å². The Bertz CT molecular complexity index is 450. The maximum atomic E-state index is 11.9. The minimum atomic E-state index is -0.949. The van der Waals surface area contributed by atoms with Crippen molar-refractivity contribution in [1.82, 2.24) is 0 Å². The highest BCUT2D eigenvalue weighted by atomic mass is 16.9. The van der Waals surface area contributed by atoms with Crippen LogP contribution >= 0.6 is 0 Å². The quantitative estimate of drug-likeness (QED) is 0.715. The largest absolute Gasteiger partial charge is 0.446 e. The van der Waals surface area contributed by atoms with E-state index in [1.807, 2.05) is 6.92 Å². The van der Waals surface area contributed by atoms with Crippen LogP contribution in [0.5, 0.6) is 0 Å². The lowest BCUT2D eigenvalue weighted by Gasteiger charge is -2.52. The molecule has 2 bridgehead atoms. The first-order valence-electron chi connectivity index (χ1n) is 7.36. The standard InChI is InChI=1S/C15H23NO6/c1-4-15-19-7-14(8-20-15,9-21-15)6-11(22-13(16)18)5-12(17)10(2)3/h11H,2,4-9H2,1,3H3,(H2,16,18). The van der Waals surface area contributed by atoms with E-state index in [2.05, 4.69) is 6.58 Å². The molecule has 22 heavy (non-hydrogen) atoms. The third kappa shape index (κ3) is 3.66. The first-order chi connectivity index (χ1) is 10.3. The minimum Gasteiger partial charge on any atom is -0.446 e. The fourth-order valence-corrected chi connectivity index (χ4v) is 2.71. The number of allylic oxidation sites excluding steroid dienone is 1. The van der Waals surface area contributed by atoms with Crippen molar-refractivity contribution < 1.29 is 28.5 Å². The zero-order chi connectivity index (χ0) is 16.4. The predicted molar refractivity (Wildman–Crippen MR) is 76.8 cm³/mol. The van der Waals surface area contributed by atoms with Crippen LogP contribution in [0.4, 0.5) is 4.79 Å². The van der Waals surface area contributed by atoms with Crippen molar-refractivity contribution in [2.24, 2.45) is 11.1 Å². The summed E-state index contributed by atoms with van der Waals surface area (Å²) < 4.78 is 22.0. The highest BCUT2D eigenvalue weighted by Crippen LogP contribution is 2.43. The Morgan fingerprint density at radius 3 is 2.23 bits per heavy atom. The summed E-state index contributed by atoms with van der Waals surface area (Å²) in [7, 11) is 0. The summed E-state index contributed by atoms with van der Waals surface area (Å²) in [4.78, 5) is 22.9. The van der Waals surface area contributed by atoms with Gasteiger partial charge in [-0.2, -0.15) is 0 Å². The van der Waals surface area contributed by atoms with Crippen LogP contribution in [0.1, 0.15) is 33.1 Å². The normalized spacial score (nSPS) is 31.5. The zero-order valence-corrected chi connectivity index (χ0v) is 13.1. The first kappa shape index (κ1) is 16.9. The number of hydrogen-bond donors (Lipinski definition) is 1. The van der Waals surface area contributed by atoms with Crippen LogP contribution in [0.25, 0.3) is 0 Å². The SMILES string of the molecule is C=C(C)C(=O)CC(CC12COC(CC)(OC1)OC2)OC(N)=O. The molecule has 1 amide bonds. The summed E-state index contributed by atoms with van der Waals surface area (Å²) in [6, 6.07) is 0. The van der Waals surface area contributed by atoms with Gasteiger partial charge in [-0.3, -0.25) is 4.79 Å². The topological polar surface area (TPSA) is 97.1 Å². The number of fused-ring (bicyclic) bond motifs is 3. The molecule has 2 N–H and O–H groups in total. The molecule has 0 aromatic heterocycles. The van der Waals surface area contributed by atoms with Crippen molar-refractivity contribution in [2.75, 3.05) is 19.8 Å². The molecule has 1 atom stereocenters. The van der Waals surface area contributed by atoms with Gasteiger partial charge in [0.15, 0.2) is 5.78 Å². The highest BCUT2D eigenvalue weighted by Gasteiger charge is 2.52. The van der Waals surface area contributed by atoms with E-state index in [1.54, 1.807) is 6.92 Å². The summed E-state index contributed by atoms with van der Waals surface area (Å²) in [5.74, 6) is -1.12. The molecule has 124 valence electrons. The Morgan fingerprint density at radius 2 is 1.82 bits per heavy atom. The number of Topliss-reactive ketones (excluding diaryl/α,β-unsaturated/α-hetero) is 1. The highest BCUT2D eigenvalue weighted by molar-refractivity contribution is 5.94. The summed E-state index contributed by atoms with van der Waals surface area (Å²) in [5, 5.41) is 0. The van der Waals surface area contributed by atoms with Gasteiger partial charge in [-0.05, 0) is 18.9 Å². The van der Waals surface area contributed by atoms with E-state index in [4.69, 9.17) is 24.7 Å². The Kier molecular flexibility index (Phi) is 4.89. The number of ketones is 1. The van der Waals surface area contributed by atoms with Crippen molar-refractivity contribution in [3.8, 4) is 0 Å². The number of carbonyl (C=O) groups is 2. The Labute approximate surface area is 129 Å². The molecule has 3 heterocycles. The molecule has 3 aliphatic rings. The van der Waals surface area contributed by atoms with E-state index in [0.29, 0.717) is 38.2 Å². The van der Waals surface area contributed by atoms with Gasteiger partial charge in [-0.1, -0.05) is 13.5 Å². The van der Waals surface area contributed by atoms with Crippen molar-refractivity contribution in [2.45, 2.75) is 45.2 Å². The Hall–Kier alpha value is -1.44. The van der Waals surface area contributed by atoms with Gasteiger partial charge in [0.2, 0.25) is 0 Å². The van der Waals surface area contributed by atoms with Crippen LogP contribution in [-0.2, 0) is 23.7 Å². The fourth-order valence-electron chi connectivity index (χ4n) is 2.71. The van der Waals surface area contributed by atoms with Crippen LogP contribution in [0.2, 0.25) is 0 Å². The van der Waals surface area contributed by atoms with Gasteiger partial charge >= 0.3 is 6.09 Å². The lowest BCUT2D eigenvalue weighted by molar-refractivity contribution is -0.470. The fraction of sp³-hybridized carbons (Fsp3) is 0.733. The molecular formula is C15H23NO6. The average Bonchev–Trinajstić information content (AvgIpc) is 2.48. The number of nitrogens with two attached hydrogens (primary N) is 1. The van der Waals surface area contributed by atoms with E-state index in [-0.39, 0.29) is 12.2 Å². The van der Waals surface area contributed by atoms with E-state index in [1.165, 1.54) is 0 Å². The molecule has 0 spiro atoms. The number of ether oxygens (including phenoxy) is 4. The van der Waals surface area contributed by atoms with Crippen LogP contribution in [0.3, 0.4) is 0 Å². The number of carbonyl (C=O) groups excluding carboxylic acids is 2. The summed E-state index contributed by atoms with van der Waals surface area (Å²) in [5.41, 5.74) is 5.07. The zero-order valence-electron chi connectivity index (χ0n) is 13.1. The second-order valence-electron chi connectivity index (χ2n) is 6.07. The van der Waals surface area contributed by atoms with Crippen LogP contribution in [-0.4, -0.2) is 43.8 Å². The lowest BCUT2D eigenvalue weighted by Crippen LogP contribution is -2.60. The van der Waals surface area contributed by atoms with Gasteiger partial charge in [0.25, 0.3) is 5.97 Å². The molecule has 3 saturated heterocycles. The molecule has 0 aliphatic carbocycles. The van der Waals surface area contributed by atoms with E-state index in [9.17, 15) is 9.59 Å². The van der Waals surface area contributed by atoms with Gasteiger partial charge in [-0.15, -0.1) is 0 Å². The number of rotatable bonds is 7. The summed E-state index contributed by atoms with van der Waals surface area (Å²) >= 11 is 0. The van der Waals surface area contributed by atoms with Crippen molar-refractivity contribution in [1.29, 1.82) is 0 Å². The second-order valence-corrected chi connectivity index (χ2v) is 6.07. The average molecular weight is 313 g/mol. The molecule has 0 saturated carbocycles. The van der Waals surface area contributed by atoms with Gasteiger partial charge in [0.05, 0.1) is 19.8 Å². The van der Waals surface area contributed by atoms with E-state index in [0.717, 1.165) is 0 Å². The third-order valence-electron chi connectivity index (χ3n) is 4.06. The molecule has 7 nitrogen and oxygen atoms in total. The summed E-state index contributed by atoms with van der Waals surface area (Å²) in [6.45, 7) is 8.44. The monoisotopic (exact) mass is 313 g/mol. The van der Waals surface area contributed by atoms with Crippen LogP contribution in [0.15, 0.2) is 12.2 Å². The number of hydrogen-bond acceptors (Lipinski definition) is 6. The molecule has 0 aromatic rings.